The maximum Gasteiger partial charge on any atom is 0.252 e. The molecule has 0 unspecified atom stereocenters. The van der Waals surface area contributed by atoms with Gasteiger partial charge in [-0.15, -0.1) is 0 Å². The number of benzene rings is 1. The van der Waals surface area contributed by atoms with Gasteiger partial charge in [-0.2, -0.15) is 5.26 Å². The van der Waals surface area contributed by atoms with Gasteiger partial charge in [-0.25, -0.2) is 4.98 Å². The summed E-state index contributed by atoms with van der Waals surface area (Å²) in [6.45, 7) is 2.00. The molecule has 0 aliphatic heterocycles. The lowest BCUT2D eigenvalue weighted by molar-refractivity contribution is 0.282. The Labute approximate surface area is 167 Å². The molecule has 8 heteroatoms. The van der Waals surface area contributed by atoms with Crippen LogP contribution in [0.3, 0.4) is 0 Å². The van der Waals surface area contributed by atoms with Crippen LogP contribution in [0.1, 0.15) is 18.9 Å². The van der Waals surface area contributed by atoms with Gasteiger partial charge in [0.1, 0.15) is 16.8 Å². The minimum absolute atomic E-state index is 0.00103. The zero-order chi connectivity index (χ0) is 20.3. The standard InChI is InChI=1S/C20H20ClN5O2/c1-12(7-9-27)24-17-10-18(28)26(2)19-13(17)4-3-5-16(19)25-15-6-8-23-20(21)14(15)11-22/h3-6,8,10,12,24,27H,7,9H2,1-2H3,(H,23,25)/t12-/m0/s1. The van der Waals surface area contributed by atoms with Crippen molar-refractivity contribution in [2.24, 2.45) is 7.05 Å². The van der Waals surface area contributed by atoms with Crippen LogP contribution in [0, 0.1) is 11.3 Å². The molecule has 2 aromatic heterocycles. The number of anilines is 3. The zero-order valence-electron chi connectivity index (χ0n) is 15.5. The molecule has 28 heavy (non-hydrogen) atoms. The number of halogens is 1. The first-order chi connectivity index (χ1) is 13.5. The Kier molecular flexibility index (Phi) is 5.83. The van der Waals surface area contributed by atoms with Crippen molar-refractivity contribution in [1.29, 1.82) is 5.26 Å². The lowest BCUT2D eigenvalue weighted by atomic mass is 10.1. The molecular weight excluding hydrogens is 378 g/mol. The monoisotopic (exact) mass is 397 g/mol. The van der Waals surface area contributed by atoms with E-state index in [4.69, 9.17) is 16.7 Å². The molecule has 0 saturated carbocycles. The van der Waals surface area contributed by atoms with Crippen molar-refractivity contribution < 1.29 is 5.11 Å². The lowest BCUT2D eigenvalue weighted by Crippen LogP contribution is -2.22. The van der Waals surface area contributed by atoms with E-state index in [2.05, 4.69) is 15.6 Å². The first-order valence-electron chi connectivity index (χ1n) is 8.78. The molecule has 0 spiro atoms. The number of aryl methyl sites for hydroxylation is 1. The third-order valence-electron chi connectivity index (χ3n) is 4.51. The third kappa shape index (κ3) is 3.79. The number of nitrogens with one attached hydrogen (secondary N) is 2. The molecule has 1 atom stereocenters. The van der Waals surface area contributed by atoms with E-state index in [1.165, 1.54) is 6.20 Å². The second kappa shape index (κ2) is 8.30. The number of aliphatic hydroxyl groups excluding tert-OH is 1. The average molecular weight is 398 g/mol. The van der Waals surface area contributed by atoms with E-state index in [1.54, 1.807) is 23.7 Å². The topological polar surface area (TPSA) is 103 Å². The number of pyridine rings is 2. The van der Waals surface area contributed by atoms with Crippen molar-refractivity contribution in [2.45, 2.75) is 19.4 Å². The highest BCUT2D eigenvalue weighted by Crippen LogP contribution is 2.32. The number of hydrogen-bond donors (Lipinski definition) is 3. The fourth-order valence-corrected chi connectivity index (χ4v) is 3.27. The van der Waals surface area contributed by atoms with Crippen molar-refractivity contribution in [1.82, 2.24) is 9.55 Å². The summed E-state index contributed by atoms with van der Waals surface area (Å²) in [6.07, 6.45) is 2.08. The highest BCUT2D eigenvalue weighted by molar-refractivity contribution is 6.31. The first kappa shape index (κ1) is 19.7. The summed E-state index contributed by atoms with van der Waals surface area (Å²) in [4.78, 5) is 16.5. The van der Waals surface area contributed by atoms with Gasteiger partial charge >= 0.3 is 0 Å². The molecule has 2 heterocycles. The predicted octanol–water partition coefficient (Wildman–Crippen LogP) is 3.38. The quantitative estimate of drug-likeness (QED) is 0.551. The van der Waals surface area contributed by atoms with Crippen LogP contribution in [0.5, 0.6) is 0 Å². The van der Waals surface area contributed by atoms with Gasteiger partial charge in [0.15, 0.2) is 0 Å². The zero-order valence-corrected chi connectivity index (χ0v) is 16.3. The maximum atomic E-state index is 12.5. The summed E-state index contributed by atoms with van der Waals surface area (Å²) in [5.74, 6) is 0. The van der Waals surface area contributed by atoms with Crippen LogP contribution in [0.2, 0.25) is 5.15 Å². The van der Waals surface area contributed by atoms with Crippen LogP contribution in [-0.2, 0) is 7.05 Å². The summed E-state index contributed by atoms with van der Waals surface area (Å²) >= 11 is 6.02. The summed E-state index contributed by atoms with van der Waals surface area (Å²) in [6, 6.07) is 10.9. The molecule has 3 N–H and O–H groups in total. The minimum atomic E-state index is -0.172. The Morgan fingerprint density at radius 1 is 1.32 bits per heavy atom. The Morgan fingerprint density at radius 2 is 2.11 bits per heavy atom. The Bertz CT molecular complexity index is 1120. The molecule has 3 aromatic rings. The van der Waals surface area contributed by atoms with Crippen molar-refractivity contribution in [3.05, 3.63) is 57.6 Å². The van der Waals surface area contributed by atoms with E-state index in [-0.39, 0.29) is 28.9 Å². The summed E-state index contributed by atoms with van der Waals surface area (Å²) < 4.78 is 1.55. The Morgan fingerprint density at radius 3 is 2.82 bits per heavy atom. The fraction of sp³-hybridized carbons (Fsp3) is 0.250. The molecular formula is C20H20ClN5O2. The molecule has 1 aromatic carbocycles. The van der Waals surface area contributed by atoms with Crippen molar-refractivity contribution in [3.8, 4) is 6.07 Å². The maximum absolute atomic E-state index is 12.5. The second-order valence-electron chi connectivity index (χ2n) is 6.48. The SMILES string of the molecule is C[C@@H](CCO)Nc1cc(=O)n(C)c2c(Nc3ccnc(Cl)c3C#N)cccc12. The average Bonchev–Trinajstić information content (AvgIpc) is 2.66. The van der Waals surface area contributed by atoms with E-state index in [0.717, 1.165) is 5.39 Å². The number of rotatable bonds is 6. The second-order valence-corrected chi connectivity index (χ2v) is 6.83. The number of para-hydroxylation sites is 1. The number of hydrogen-bond acceptors (Lipinski definition) is 6. The van der Waals surface area contributed by atoms with E-state index in [9.17, 15) is 10.1 Å². The van der Waals surface area contributed by atoms with Gasteiger partial charge in [-0.05, 0) is 25.5 Å². The van der Waals surface area contributed by atoms with Crippen LogP contribution in [0.4, 0.5) is 17.1 Å². The van der Waals surface area contributed by atoms with Crippen LogP contribution >= 0.6 is 11.6 Å². The molecule has 0 bridgehead atoms. The molecule has 7 nitrogen and oxygen atoms in total. The molecule has 0 fully saturated rings. The molecule has 0 saturated heterocycles. The molecule has 0 aliphatic rings. The van der Waals surface area contributed by atoms with Gasteiger partial charge < -0.3 is 20.3 Å². The van der Waals surface area contributed by atoms with E-state index in [0.29, 0.717) is 29.0 Å². The predicted molar refractivity (Wildman–Crippen MR) is 111 cm³/mol. The third-order valence-corrected chi connectivity index (χ3v) is 4.80. The smallest absolute Gasteiger partial charge is 0.252 e. The lowest BCUT2D eigenvalue weighted by Gasteiger charge is -2.19. The summed E-state index contributed by atoms with van der Waals surface area (Å²) in [5.41, 5.74) is 2.61. The normalized spacial score (nSPS) is 11.8. The summed E-state index contributed by atoms with van der Waals surface area (Å²) in [7, 11) is 1.70. The first-order valence-corrected chi connectivity index (χ1v) is 9.15. The molecule has 144 valence electrons. The van der Waals surface area contributed by atoms with Gasteiger partial charge in [0.25, 0.3) is 5.56 Å². The molecule has 0 amide bonds. The minimum Gasteiger partial charge on any atom is -0.396 e. The number of nitriles is 1. The fourth-order valence-electron chi connectivity index (χ4n) is 3.07. The number of fused-ring (bicyclic) bond motifs is 1. The van der Waals surface area contributed by atoms with E-state index >= 15 is 0 Å². The van der Waals surface area contributed by atoms with Crippen LogP contribution in [0.25, 0.3) is 10.9 Å². The molecule has 3 rings (SSSR count). The number of nitrogens with zero attached hydrogens (tertiary/aromatic N) is 3. The van der Waals surface area contributed by atoms with Crippen LogP contribution in [0.15, 0.2) is 41.3 Å². The van der Waals surface area contributed by atoms with Crippen molar-refractivity contribution in [3.63, 3.8) is 0 Å². The van der Waals surface area contributed by atoms with Gasteiger partial charge in [-0.1, -0.05) is 23.7 Å². The summed E-state index contributed by atoms with van der Waals surface area (Å²) in [5, 5.41) is 26.0. The van der Waals surface area contributed by atoms with Gasteiger partial charge in [0.2, 0.25) is 0 Å². The molecule has 0 aliphatic carbocycles. The highest BCUT2D eigenvalue weighted by atomic mass is 35.5. The van der Waals surface area contributed by atoms with Gasteiger partial charge in [0, 0.05) is 43.0 Å². The number of aliphatic hydroxyl groups is 1. The Balaban J connectivity index is 2.15. The van der Waals surface area contributed by atoms with Crippen LogP contribution in [-0.4, -0.2) is 27.3 Å². The van der Waals surface area contributed by atoms with E-state index < -0.39 is 0 Å². The van der Waals surface area contributed by atoms with Gasteiger partial charge in [-0.3, -0.25) is 4.79 Å². The van der Waals surface area contributed by atoms with Gasteiger partial charge in [0.05, 0.1) is 16.9 Å². The Hall–Kier alpha value is -3.08. The molecule has 0 radical (unpaired) electrons. The van der Waals surface area contributed by atoms with E-state index in [1.807, 2.05) is 31.2 Å². The highest BCUT2D eigenvalue weighted by Gasteiger charge is 2.14. The largest absolute Gasteiger partial charge is 0.396 e. The van der Waals surface area contributed by atoms with Crippen molar-refractivity contribution in [2.75, 3.05) is 17.2 Å². The van der Waals surface area contributed by atoms with Crippen molar-refractivity contribution >= 4 is 39.6 Å². The van der Waals surface area contributed by atoms with Crippen LogP contribution < -0.4 is 16.2 Å². The number of aromatic nitrogens is 2.